The maximum absolute atomic E-state index is 11.4. The highest BCUT2D eigenvalue weighted by atomic mass is 16.4. The molecule has 0 aliphatic rings. The van der Waals surface area contributed by atoms with Crippen LogP contribution in [0.25, 0.3) is 0 Å². The minimum absolute atomic E-state index is 0.565. The van der Waals surface area contributed by atoms with Gasteiger partial charge < -0.3 is 15.0 Å². The molecule has 0 bridgehead atoms. The van der Waals surface area contributed by atoms with E-state index < -0.39 is 18.0 Å². The number of carboxylic acid groups (broad SMARTS) is 1. The monoisotopic (exact) mass is 383 g/mol. The molecule has 2 atom stereocenters. The van der Waals surface area contributed by atoms with Crippen molar-refractivity contribution in [1.82, 2.24) is 0 Å². The molecular weight excluding hydrogens is 336 g/mol. The van der Waals surface area contributed by atoms with Gasteiger partial charge in [-0.3, -0.25) is 0 Å². The first-order valence-electron chi connectivity index (χ1n) is 12.0. The normalized spacial score (nSPS) is 13.6. The minimum atomic E-state index is -1.07. The van der Waals surface area contributed by atoms with E-state index in [-0.39, 0.29) is 0 Å². The molecule has 0 spiro atoms. The highest BCUT2D eigenvalue weighted by Gasteiger charge is 2.19. The third-order valence-electron chi connectivity index (χ3n) is 5.74. The number of carboxylic acids is 1. The lowest BCUT2D eigenvalue weighted by Gasteiger charge is -2.24. The lowest BCUT2D eigenvalue weighted by atomic mass is 9.91. The van der Waals surface area contributed by atoms with E-state index in [9.17, 15) is 15.0 Å². The third-order valence-corrected chi connectivity index (χ3v) is 5.74. The molecule has 3 nitrogen and oxygen atoms in total. The van der Waals surface area contributed by atoms with Crippen LogP contribution < -0.4 is 5.11 Å². The second-order valence-electron chi connectivity index (χ2n) is 8.37. The Kier molecular flexibility index (Phi) is 19.7. The zero-order chi connectivity index (χ0) is 20.2. The van der Waals surface area contributed by atoms with Crippen molar-refractivity contribution in [2.24, 2.45) is 5.92 Å². The van der Waals surface area contributed by atoms with Gasteiger partial charge in [0, 0.05) is 11.9 Å². The maximum Gasteiger partial charge on any atom is 0.0620 e. The summed E-state index contributed by atoms with van der Waals surface area (Å²) in [5.74, 6) is -1.75. The summed E-state index contributed by atoms with van der Waals surface area (Å²) in [5, 5.41) is 21.6. The number of carbonyl (C=O) groups excluding carboxylic acids is 1. The van der Waals surface area contributed by atoms with E-state index in [0.29, 0.717) is 12.8 Å². The minimum Gasteiger partial charge on any atom is -0.550 e. The predicted octanol–water partition coefficient (Wildman–Crippen LogP) is 6.17. The van der Waals surface area contributed by atoms with Crippen LogP contribution in [0, 0.1) is 5.92 Å². The molecule has 0 fully saturated rings. The molecular formula is C24H47O3-. The average Bonchev–Trinajstić information content (AvgIpc) is 2.65. The predicted molar refractivity (Wildman–Crippen MR) is 114 cm³/mol. The number of hydrogen-bond donors (Lipinski definition) is 1. The summed E-state index contributed by atoms with van der Waals surface area (Å²) in [6.07, 6.45) is 21.1. The van der Waals surface area contributed by atoms with Gasteiger partial charge in [0.25, 0.3) is 0 Å². The van der Waals surface area contributed by atoms with E-state index >= 15 is 0 Å². The van der Waals surface area contributed by atoms with Crippen LogP contribution in [0.5, 0.6) is 0 Å². The van der Waals surface area contributed by atoms with E-state index in [1.807, 2.05) is 0 Å². The number of aliphatic carboxylic acids is 1. The molecule has 0 heterocycles. The molecule has 0 aromatic carbocycles. The van der Waals surface area contributed by atoms with Crippen molar-refractivity contribution in [3.05, 3.63) is 0 Å². The van der Waals surface area contributed by atoms with Crippen LogP contribution in [0.2, 0.25) is 0 Å². The molecule has 0 rings (SSSR count). The summed E-state index contributed by atoms with van der Waals surface area (Å²) in [6.45, 7) is 4.46. The Bertz CT molecular complexity index is 317. The standard InChI is InChI=1S/C24H48O3/c1-3-5-7-9-11-13-15-17-19-21-23(25)22(24(26)27)20-18-16-14-12-10-8-6-4-2/h22-23,25H,3-21H2,1-2H3,(H,26,27)/p-1/t22-,23+/m1/s1. The molecule has 0 amide bonds. The third kappa shape index (κ3) is 17.3. The molecule has 0 aromatic heterocycles. The van der Waals surface area contributed by atoms with Crippen molar-refractivity contribution in [2.45, 2.75) is 142 Å². The van der Waals surface area contributed by atoms with Crippen LogP contribution in [0.1, 0.15) is 136 Å². The first-order chi connectivity index (χ1) is 13.1. The Labute approximate surface area is 169 Å². The summed E-state index contributed by atoms with van der Waals surface area (Å²) >= 11 is 0. The fourth-order valence-electron chi connectivity index (χ4n) is 3.83. The molecule has 27 heavy (non-hydrogen) atoms. The van der Waals surface area contributed by atoms with E-state index in [2.05, 4.69) is 13.8 Å². The van der Waals surface area contributed by atoms with Gasteiger partial charge in [-0.2, -0.15) is 0 Å². The largest absolute Gasteiger partial charge is 0.550 e. The van der Waals surface area contributed by atoms with Gasteiger partial charge in [-0.1, -0.05) is 123 Å². The molecule has 0 saturated carbocycles. The van der Waals surface area contributed by atoms with Crippen molar-refractivity contribution in [1.29, 1.82) is 0 Å². The highest BCUT2D eigenvalue weighted by Crippen LogP contribution is 2.20. The Hall–Kier alpha value is -0.570. The Morgan fingerprint density at radius 3 is 1.33 bits per heavy atom. The number of hydrogen-bond acceptors (Lipinski definition) is 3. The Morgan fingerprint density at radius 2 is 0.963 bits per heavy atom. The number of rotatable bonds is 21. The van der Waals surface area contributed by atoms with Gasteiger partial charge in [0.2, 0.25) is 0 Å². The summed E-state index contributed by atoms with van der Waals surface area (Å²) in [4.78, 5) is 11.4. The first kappa shape index (κ1) is 26.4. The second-order valence-corrected chi connectivity index (χ2v) is 8.37. The van der Waals surface area contributed by atoms with Gasteiger partial charge in [-0.15, -0.1) is 0 Å². The fraction of sp³-hybridized carbons (Fsp3) is 0.958. The van der Waals surface area contributed by atoms with Gasteiger partial charge in [0.15, 0.2) is 0 Å². The van der Waals surface area contributed by atoms with Crippen molar-refractivity contribution in [3.63, 3.8) is 0 Å². The lowest BCUT2D eigenvalue weighted by Crippen LogP contribution is -2.38. The van der Waals surface area contributed by atoms with Gasteiger partial charge in [0.1, 0.15) is 0 Å². The number of aliphatic hydroxyl groups excluding tert-OH is 1. The smallest absolute Gasteiger partial charge is 0.0620 e. The number of aliphatic hydroxyl groups is 1. The highest BCUT2D eigenvalue weighted by molar-refractivity contribution is 5.68. The van der Waals surface area contributed by atoms with Crippen molar-refractivity contribution >= 4 is 5.97 Å². The van der Waals surface area contributed by atoms with E-state index in [4.69, 9.17) is 0 Å². The summed E-state index contributed by atoms with van der Waals surface area (Å²) in [7, 11) is 0. The molecule has 0 radical (unpaired) electrons. The Balaban J connectivity index is 3.67. The maximum atomic E-state index is 11.4. The molecule has 0 aliphatic carbocycles. The number of carbonyl (C=O) groups is 1. The zero-order valence-corrected chi connectivity index (χ0v) is 18.4. The molecule has 0 unspecified atom stereocenters. The van der Waals surface area contributed by atoms with Gasteiger partial charge in [0.05, 0.1) is 6.10 Å². The fourth-order valence-corrected chi connectivity index (χ4v) is 3.83. The zero-order valence-electron chi connectivity index (χ0n) is 18.4. The SMILES string of the molecule is CCCCCCCCCCC[C@H](O)[C@@H](CCCCCCCCCC)C(=O)[O-]. The Morgan fingerprint density at radius 1 is 0.630 bits per heavy atom. The van der Waals surface area contributed by atoms with Crippen LogP contribution in [-0.4, -0.2) is 17.2 Å². The molecule has 3 heteroatoms. The topological polar surface area (TPSA) is 60.4 Å². The summed E-state index contributed by atoms with van der Waals surface area (Å²) in [5.41, 5.74) is 0. The molecule has 162 valence electrons. The van der Waals surface area contributed by atoms with Crippen LogP contribution >= 0.6 is 0 Å². The summed E-state index contributed by atoms with van der Waals surface area (Å²) in [6, 6.07) is 0. The average molecular weight is 384 g/mol. The van der Waals surface area contributed by atoms with E-state index in [1.54, 1.807) is 0 Å². The van der Waals surface area contributed by atoms with Crippen LogP contribution in [0.3, 0.4) is 0 Å². The van der Waals surface area contributed by atoms with Crippen molar-refractivity contribution in [2.75, 3.05) is 0 Å². The second kappa shape index (κ2) is 20.2. The molecule has 0 saturated heterocycles. The van der Waals surface area contributed by atoms with Gasteiger partial charge in [-0.05, 0) is 12.8 Å². The van der Waals surface area contributed by atoms with Gasteiger partial charge in [-0.25, -0.2) is 0 Å². The van der Waals surface area contributed by atoms with Crippen molar-refractivity contribution < 1.29 is 15.0 Å². The number of unbranched alkanes of at least 4 members (excludes halogenated alkanes) is 15. The van der Waals surface area contributed by atoms with E-state index in [1.165, 1.54) is 83.5 Å². The molecule has 0 aliphatic heterocycles. The van der Waals surface area contributed by atoms with Crippen molar-refractivity contribution in [3.8, 4) is 0 Å². The van der Waals surface area contributed by atoms with Gasteiger partial charge >= 0.3 is 0 Å². The first-order valence-corrected chi connectivity index (χ1v) is 12.0. The van der Waals surface area contributed by atoms with Crippen LogP contribution in [-0.2, 0) is 4.79 Å². The quantitative estimate of drug-likeness (QED) is 0.241. The van der Waals surface area contributed by atoms with Crippen LogP contribution in [0.15, 0.2) is 0 Å². The summed E-state index contributed by atoms with van der Waals surface area (Å²) < 4.78 is 0. The molecule has 1 N–H and O–H groups in total. The lowest BCUT2D eigenvalue weighted by molar-refractivity contribution is -0.314. The van der Waals surface area contributed by atoms with E-state index in [0.717, 1.165) is 25.7 Å². The molecule has 0 aromatic rings. The van der Waals surface area contributed by atoms with Crippen LogP contribution in [0.4, 0.5) is 0 Å².